The van der Waals surface area contributed by atoms with Crippen molar-refractivity contribution in [3.05, 3.63) is 48.0 Å². The minimum atomic E-state index is -3.75. The lowest BCUT2D eigenvalue weighted by molar-refractivity contribution is 0.417. The molecule has 0 aliphatic carbocycles. The molecule has 0 aliphatic rings. The minimum absolute atomic E-state index is 0.0500. The van der Waals surface area contributed by atoms with Crippen molar-refractivity contribution in [1.82, 2.24) is 0 Å². The highest BCUT2D eigenvalue weighted by atomic mass is 32.2. The van der Waals surface area contributed by atoms with Gasteiger partial charge in [0, 0.05) is 0 Å². The zero-order valence-corrected chi connectivity index (χ0v) is 12.1. The molecule has 2 aromatic rings. The summed E-state index contributed by atoms with van der Waals surface area (Å²) in [5, 5.41) is 0. The number of nitrogen functional groups attached to an aromatic ring is 1. The van der Waals surface area contributed by atoms with Gasteiger partial charge in [-0.25, -0.2) is 8.42 Å². The summed E-state index contributed by atoms with van der Waals surface area (Å²) >= 11 is 0. The maximum absolute atomic E-state index is 12.4. The van der Waals surface area contributed by atoms with Gasteiger partial charge in [-0.1, -0.05) is 18.2 Å². The molecule has 0 fully saturated rings. The highest BCUT2D eigenvalue weighted by Crippen LogP contribution is 2.28. The molecule has 20 heavy (non-hydrogen) atoms. The van der Waals surface area contributed by atoms with Gasteiger partial charge in [0.15, 0.2) is 0 Å². The molecule has 0 atom stereocenters. The molecule has 3 N–H and O–H groups in total. The maximum atomic E-state index is 12.4. The summed E-state index contributed by atoms with van der Waals surface area (Å²) in [7, 11) is -2.27. The van der Waals surface area contributed by atoms with Gasteiger partial charge in [-0.3, -0.25) is 4.72 Å². The van der Waals surface area contributed by atoms with Crippen LogP contribution < -0.4 is 15.2 Å². The predicted octanol–water partition coefficient (Wildman–Crippen LogP) is 2.39. The first-order valence-corrected chi connectivity index (χ1v) is 7.44. The molecular weight excluding hydrogens is 276 g/mol. The van der Waals surface area contributed by atoms with Crippen molar-refractivity contribution in [1.29, 1.82) is 0 Å². The first-order valence-electron chi connectivity index (χ1n) is 5.96. The Hall–Kier alpha value is -2.21. The third-order valence-electron chi connectivity index (χ3n) is 2.81. The van der Waals surface area contributed by atoms with Gasteiger partial charge in [0.25, 0.3) is 10.0 Å². The zero-order chi connectivity index (χ0) is 14.8. The lowest BCUT2D eigenvalue weighted by Gasteiger charge is -2.13. The van der Waals surface area contributed by atoms with Gasteiger partial charge in [-0.05, 0) is 36.8 Å². The number of ether oxygens (including phenoxy) is 1. The van der Waals surface area contributed by atoms with Crippen LogP contribution in [0.15, 0.2) is 47.4 Å². The Kier molecular flexibility index (Phi) is 3.85. The molecule has 0 aliphatic heterocycles. The van der Waals surface area contributed by atoms with Crippen molar-refractivity contribution in [2.24, 2.45) is 0 Å². The Morgan fingerprint density at radius 1 is 1.15 bits per heavy atom. The number of aryl methyl sites for hydroxylation is 1. The van der Waals surface area contributed by atoms with Crippen LogP contribution in [-0.2, 0) is 10.0 Å². The van der Waals surface area contributed by atoms with Crippen LogP contribution in [0.4, 0.5) is 11.4 Å². The smallest absolute Gasteiger partial charge is 0.264 e. The molecule has 106 valence electrons. The Morgan fingerprint density at radius 2 is 1.85 bits per heavy atom. The van der Waals surface area contributed by atoms with E-state index in [1.807, 2.05) is 6.92 Å². The van der Waals surface area contributed by atoms with Crippen LogP contribution in [-0.4, -0.2) is 15.5 Å². The van der Waals surface area contributed by atoms with Crippen molar-refractivity contribution in [2.75, 3.05) is 17.6 Å². The Labute approximate surface area is 118 Å². The average molecular weight is 292 g/mol. The SMILES string of the molecule is COc1ccccc1NS(=O)(=O)c1ccc(C)cc1N. The van der Waals surface area contributed by atoms with E-state index in [-0.39, 0.29) is 10.6 Å². The number of hydrogen-bond acceptors (Lipinski definition) is 4. The van der Waals surface area contributed by atoms with Crippen molar-refractivity contribution < 1.29 is 13.2 Å². The normalized spacial score (nSPS) is 11.1. The fourth-order valence-electron chi connectivity index (χ4n) is 1.84. The largest absolute Gasteiger partial charge is 0.495 e. The van der Waals surface area contributed by atoms with Gasteiger partial charge < -0.3 is 10.5 Å². The lowest BCUT2D eigenvalue weighted by Crippen LogP contribution is -2.15. The number of nitrogens with two attached hydrogens (primary N) is 1. The molecule has 0 bridgehead atoms. The number of benzene rings is 2. The van der Waals surface area contributed by atoms with Crippen molar-refractivity contribution in [3.63, 3.8) is 0 Å². The van der Waals surface area contributed by atoms with Crippen molar-refractivity contribution >= 4 is 21.4 Å². The summed E-state index contributed by atoms with van der Waals surface area (Å²) in [6, 6.07) is 11.6. The van der Waals surface area contributed by atoms with E-state index in [4.69, 9.17) is 10.5 Å². The van der Waals surface area contributed by atoms with Crippen LogP contribution in [0.1, 0.15) is 5.56 Å². The molecule has 6 heteroatoms. The second kappa shape index (κ2) is 5.42. The fraction of sp³-hybridized carbons (Fsp3) is 0.143. The van der Waals surface area contributed by atoms with E-state index < -0.39 is 10.0 Å². The summed E-state index contributed by atoms with van der Waals surface area (Å²) in [5.74, 6) is 0.446. The topological polar surface area (TPSA) is 81.4 Å². The Morgan fingerprint density at radius 3 is 2.50 bits per heavy atom. The number of sulfonamides is 1. The molecule has 0 saturated carbocycles. The quantitative estimate of drug-likeness (QED) is 0.848. The number of para-hydroxylation sites is 2. The van der Waals surface area contributed by atoms with E-state index >= 15 is 0 Å². The highest BCUT2D eigenvalue weighted by molar-refractivity contribution is 7.92. The van der Waals surface area contributed by atoms with Gasteiger partial charge in [0.05, 0.1) is 18.5 Å². The first kappa shape index (κ1) is 14.2. The molecular formula is C14H16N2O3S. The average Bonchev–Trinajstić information content (AvgIpc) is 2.38. The van der Waals surface area contributed by atoms with Gasteiger partial charge >= 0.3 is 0 Å². The number of methoxy groups -OCH3 is 1. The monoisotopic (exact) mass is 292 g/mol. The van der Waals surface area contributed by atoms with Crippen LogP contribution in [0.5, 0.6) is 5.75 Å². The molecule has 0 spiro atoms. The van der Waals surface area contributed by atoms with Crippen LogP contribution in [0.2, 0.25) is 0 Å². The van der Waals surface area contributed by atoms with E-state index in [2.05, 4.69) is 4.72 Å². The summed E-state index contributed by atoms with van der Waals surface area (Å²) in [6.45, 7) is 1.85. The van der Waals surface area contributed by atoms with Crippen LogP contribution >= 0.6 is 0 Å². The molecule has 5 nitrogen and oxygen atoms in total. The molecule has 2 aromatic carbocycles. The molecule has 0 amide bonds. The Balaban J connectivity index is 2.41. The summed E-state index contributed by atoms with van der Waals surface area (Å²) in [4.78, 5) is 0.0500. The molecule has 2 rings (SSSR count). The van der Waals surface area contributed by atoms with Crippen LogP contribution in [0, 0.1) is 6.92 Å². The van der Waals surface area contributed by atoms with Gasteiger partial charge in [-0.15, -0.1) is 0 Å². The van der Waals surface area contributed by atoms with Gasteiger partial charge in [0.1, 0.15) is 10.6 Å². The number of nitrogens with one attached hydrogen (secondary N) is 1. The van der Waals surface area contributed by atoms with Gasteiger partial charge in [-0.2, -0.15) is 0 Å². The number of anilines is 2. The highest BCUT2D eigenvalue weighted by Gasteiger charge is 2.19. The standard InChI is InChI=1S/C14H16N2O3S/c1-10-7-8-14(11(15)9-10)20(17,18)16-12-5-3-4-6-13(12)19-2/h3-9,16H,15H2,1-2H3. The van der Waals surface area contributed by atoms with E-state index in [9.17, 15) is 8.42 Å². The predicted molar refractivity (Wildman–Crippen MR) is 79.4 cm³/mol. The molecule has 0 radical (unpaired) electrons. The Bertz CT molecular complexity index is 727. The number of hydrogen-bond donors (Lipinski definition) is 2. The number of rotatable bonds is 4. The van der Waals surface area contributed by atoms with Crippen LogP contribution in [0.25, 0.3) is 0 Å². The van der Waals surface area contributed by atoms with E-state index in [1.165, 1.54) is 13.2 Å². The summed E-state index contributed by atoms with van der Waals surface area (Å²) < 4.78 is 32.3. The van der Waals surface area contributed by atoms with Crippen LogP contribution in [0.3, 0.4) is 0 Å². The fourth-order valence-corrected chi connectivity index (χ4v) is 3.03. The van der Waals surface area contributed by atoms with Crippen molar-refractivity contribution in [2.45, 2.75) is 11.8 Å². The third-order valence-corrected chi connectivity index (χ3v) is 4.25. The lowest BCUT2D eigenvalue weighted by atomic mass is 10.2. The van der Waals surface area contributed by atoms with E-state index in [1.54, 1.807) is 36.4 Å². The van der Waals surface area contributed by atoms with E-state index in [0.29, 0.717) is 11.4 Å². The summed E-state index contributed by atoms with van der Waals surface area (Å²) in [6.07, 6.45) is 0. The van der Waals surface area contributed by atoms with Crippen molar-refractivity contribution in [3.8, 4) is 5.75 Å². The third kappa shape index (κ3) is 2.85. The maximum Gasteiger partial charge on any atom is 0.264 e. The first-order chi connectivity index (χ1) is 9.44. The van der Waals surface area contributed by atoms with E-state index in [0.717, 1.165) is 5.56 Å². The molecule has 0 heterocycles. The minimum Gasteiger partial charge on any atom is -0.495 e. The summed E-state index contributed by atoms with van der Waals surface area (Å²) in [5.41, 5.74) is 7.27. The van der Waals surface area contributed by atoms with Gasteiger partial charge in [0.2, 0.25) is 0 Å². The second-order valence-electron chi connectivity index (χ2n) is 4.35. The zero-order valence-electron chi connectivity index (χ0n) is 11.3. The molecule has 0 aromatic heterocycles. The molecule has 0 unspecified atom stereocenters. The second-order valence-corrected chi connectivity index (χ2v) is 6.00. The molecule has 0 saturated heterocycles.